The van der Waals surface area contributed by atoms with Gasteiger partial charge in [0.1, 0.15) is 0 Å². The van der Waals surface area contributed by atoms with Gasteiger partial charge in [-0.1, -0.05) is 60.7 Å². The zero-order valence-electron chi connectivity index (χ0n) is 11.2. The Morgan fingerprint density at radius 3 is 2.60 bits per heavy atom. The molecule has 0 radical (unpaired) electrons. The lowest BCUT2D eigenvalue weighted by Crippen LogP contribution is -1.96. The SMILES string of the molecule is OCc1cccc2ccn(C/C=C/c3ccccc3)c12. The predicted molar refractivity (Wildman–Crippen MR) is 83.3 cm³/mol. The third-order valence-electron chi connectivity index (χ3n) is 3.45. The second kappa shape index (κ2) is 5.76. The van der Waals surface area contributed by atoms with Crippen LogP contribution in [0.3, 0.4) is 0 Å². The normalized spacial score (nSPS) is 11.4. The Kier molecular flexibility index (Phi) is 3.66. The molecule has 2 aromatic carbocycles. The summed E-state index contributed by atoms with van der Waals surface area (Å²) in [4.78, 5) is 0. The summed E-state index contributed by atoms with van der Waals surface area (Å²) in [5, 5.41) is 10.6. The van der Waals surface area contributed by atoms with Crippen molar-refractivity contribution in [1.29, 1.82) is 0 Å². The molecule has 0 amide bonds. The van der Waals surface area contributed by atoms with Gasteiger partial charge in [-0.25, -0.2) is 0 Å². The number of hydrogen-bond acceptors (Lipinski definition) is 1. The smallest absolute Gasteiger partial charge is 0.0702 e. The quantitative estimate of drug-likeness (QED) is 0.760. The highest BCUT2D eigenvalue weighted by Crippen LogP contribution is 2.20. The van der Waals surface area contributed by atoms with Crippen molar-refractivity contribution in [2.24, 2.45) is 0 Å². The van der Waals surface area contributed by atoms with E-state index in [0.29, 0.717) is 0 Å². The Labute approximate surface area is 118 Å². The predicted octanol–water partition coefficient (Wildman–Crippen LogP) is 3.85. The first-order valence-electron chi connectivity index (χ1n) is 6.77. The summed E-state index contributed by atoms with van der Waals surface area (Å²) in [5.41, 5.74) is 3.29. The van der Waals surface area contributed by atoms with Gasteiger partial charge >= 0.3 is 0 Å². The molecule has 1 heterocycles. The molecule has 0 aliphatic heterocycles. The zero-order chi connectivity index (χ0) is 13.8. The van der Waals surface area contributed by atoms with Crippen LogP contribution in [0.15, 0.2) is 66.9 Å². The number of hydrogen-bond donors (Lipinski definition) is 1. The molecule has 20 heavy (non-hydrogen) atoms. The van der Waals surface area contributed by atoms with Crippen molar-refractivity contribution in [1.82, 2.24) is 4.57 Å². The molecule has 0 fully saturated rings. The maximum atomic E-state index is 9.45. The fourth-order valence-electron chi connectivity index (χ4n) is 2.49. The number of nitrogens with zero attached hydrogens (tertiary/aromatic N) is 1. The molecule has 0 bridgehead atoms. The molecule has 3 rings (SSSR count). The van der Waals surface area contributed by atoms with E-state index in [4.69, 9.17) is 0 Å². The lowest BCUT2D eigenvalue weighted by molar-refractivity contribution is 0.283. The van der Waals surface area contributed by atoms with Crippen molar-refractivity contribution in [2.75, 3.05) is 0 Å². The lowest BCUT2D eigenvalue weighted by Gasteiger charge is -2.06. The van der Waals surface area contributed by atoms with Crippen LogP contribution in [0.25, 0.3) is 17.0 Å². The van der Waals surface area contributed by atoms with Crippen LogP contribution < -0.4 is 0 Å². The molecule has 0 atom stereocenters. The van der Waals surface area contributed by atoms with Crippen LogP contribution in [0.4, 0.5) is 0 Å². The second-order valence-corrected chi connectivity index (χ2v) is 4.79. The van der Waals surface area contributed by atoms with Gasteiger partial charge in [0.2, 0.25) is 0 Å². The van der Waals surface area contributed by atoms with E-state index in [1.165, 1.54) is 10.9 Å². The second-order valence-electron chi connectivity index (χ2n) is 4.79. The van der Waals surface area contributed by atoms with Crippen LogP contribution >= 0.6 is 0 Å². The Balaban J connectivity index is 1.86. The third-order valence-corrected chi connectivity index (χ3v) is 3.45. The van der Waals surface area contributed by atoms with E-state index in [2.05, 4.69) is 47.2 Å². The van der Waals surface area contributed by atoms with Gasteiger partial charge in [0.25, 0.3) is 0 Å². The van der Waals surface area contributed by atoms with E-state index in [9.17, 15) is 5.11 Å². The monoisotopic (exact) mass is 263 g/mol. The molecule has 0 unspecified atom stereocenters. The first-order valence-corrected chi connectivity index (χ1v) is 6.77. The summed E-state index contributed by atoms with van der Waals surface area (Å²) < 4.78 is 2.17. The zero-order valence-corrected chi connectivity index (χ0v) is 11.2. The fourth-order valence-corrected chi connectivity index (χ4v) is 2.49. The highest BCUT2D eigenvalue weighted by atomic mass is 16.3. The number of aliphatic hydroxyl groups is 1. The van der Waals surface area contributed by atoms with Gasteiger partial charge in [-0.05, 0) is 17.0 Å². The van der Waals surface area contributed by atoms with Crippen molar-refractivity contribution in [3.63, 3.8) is 0 Å². The van der Waals surface area contributed by atoms with Gasteiger partial charge in [0.05, 0.1) is 12.1 Å². The van der Waals surface area contributed by atoms with Gasteiger partial charge in [0, 0.05) is 18.3 Å². The van der Waals surface area contributed by atoms with Gasteiger partial charge < -0.3 is 9.67 Å². The Hall–Kier alpha value is -2.32. The minimum atomic E-state index is 0.0732. The van der Waals surface area contributed by atoms with Crippen molar-refractivity contribution in [2.45, 2.75) is 13.2 Å². The number of aliphatic hydroxyl groups excluding tert-OH is 1. The maximum Gasteiger partial charge on any atom is 0.0702 e. The van der Waals surface area contributed by atoms with Crippen molar-refractivity contribution < 1.29 is 5.11 Å². The fraction of sp³-hybridized carbons (Fsp3) is 0.111. The molecule has 2 heteroatoms. The highest BCUT2D eigenvalue weighted by molar-refractivity contribution is 5.83. The summed E-state index contributed by atoms with van der Waals surface area (Å²) >= 11 is 0. The average molecular weight is 263 g/mol. The molecular weight excluding hydrogens is 246 g/mol. The Morgan fingerprint density at radius 1 is 0.950 bits per heavy atom. The minimum absolute atomic E-state index is 0.0732. The number of rotatable bonds is 4. The van der Waals surface area contributed by atoms with Gasteiger partial charge in [-0.3, -0.25) is 0 Å². The topological polar surface area (TPSA) is 25.2 Å². The van der Waals surface area contributed by atoms with Crippen LogP contribution in [0, 0.1) is 0 Å². The molecule has 0 saturated heterocycles. The van der Waals surface area contributed by atoms with Crippen molar-refractivity contribution in [3.8, 4) is 0 Å². The molecule has 2 nitrogen and oxygen atoms in total. The average Bonchev–Trinajstić information content (AvgIpc) is 2.92. The molecular formula is C18H17NO. The van der Waals surface area contributed by atoms with Gasteiger partial charge in [-0.2, -0.15) is 0 Å². The Morgan fingerprint density at radius 2 is 1.80 bits per heavy atom. The Bertz CT molecular complexity index is 726. The molecule has 0 aliphatic carbocycles. The van der Waals surface area contributed by atoms with Gasteiger partial charge in [0.15, 0.2) is 0 Å². The summed E-state index contributed by atoms with van der Waals surface area (Å²) in [6.07, 6.45) is 6.33. The molecule has 0 aliphatic rings. The van der Waals surface area contributed by atoms with Crippen LogP contribution in [0.5, 0.6) is 0 Å². The van der Waals surface area contributed by atoms with Crippen LogP contribution in [0.1, 0.15) is 11.1 Å². The van der Waals surface area contributed by atoms with Crippen LogP contribution in [0.2, 0.25) is 0 Å². The number of benzene rings is 2. The molecule has 1 N–H and O–H groups in total. The first kappa shape index (κ1) is 12.7. The minimum Gasteiger partial charge on any atom is -0.392 e. The molecule has 0 spiro atoms. The summed E-state index contributed by atoms with van der Waals surface area (Å²) in [6, 6.07) is 18.4. The largest absolute Gasteiger partial charge is 0.392 e. The molecule has 100 valence electrons. The summed E-state index contributed by atoms with van der Waals surface area (Å²) in [7, 11) is 0. The van der Waals surface area contributed by atoms with Crippen molar-refractivity contribution >= 4 is 17.0 Å². The maximum absolute atomic E-state index is 9.45. The van der Waals surface area contributed by atoms with E-state index in [1.54, 1.807) is 0 Å². The van der Waals surface area contributed by atoms with E-state index < -0.39 is 0 Å². The number of aromatic nitrogens is 1. The third kappa shape index (κ3) is 2.51. The van der Waals surface area contributed by atoms with E-state index >= 15 is 0 Å². The number of para-hydroxylation sites is 1. The van der Waals surface area contributed by atoms with E-state index in [0.717, 1.165) is 17.6 Å². The molecule has 1 aromatic heterocycles. The summed E-state index contributed by atoms with van der Waals surface area (Å²) in [5.74, 6) is 0. The lowest BCUT2D eigenvalue weighted by atomic mass is 10.1. The van der Waals surface area contributed by atoms with Gasteiger partial charge in [-0.15, -0.1) is 0 Å². The molecule has 0 saturated carbocycles. The number of fused-ring (bicyclic) bond motifs is 1. The first-order chi connectivity index (χ1) is 9.88. The van der Waals surface area contributed by atoms with Crippen LogP contribution in [-0.2, 0) is 13.2 Å². The number of allylic oxidation sites excluding steroid dienone is 1. The summed E-state index contributed by atoms with van der Waals surface area (Å²) in [6.45, 7) is 0.874. The highest BCUT2D eigenvalue weighted by Gasteiger charge is 2.04. The van der Waals surface area contributed by atoms with Crippen molar-refractivity contribution in [3.05, 3.63) is 78.0 Å². The van der Waals surface area contributed by atoms with E-state index in [-0.39, 0.29) is 6.61 Å². The molecule has 3 aromatic rings. The van der Waals surface area contributed by atoms with E-state index in [1.807, 2.05) is 30.3 Å². The standard InChI is InChI=1S/C18H17NO/c20-14-17-10-4-9-16-11-13-19(18(16)17)12-5-8-15-6-2-1-3-7-15/h1-11,13,20H,12,14H2/b8-5+. The van der Waals surface area contributed by atoms with Crippen LogP contribution in [-0.4, -0.2) is 9.67 Å².